The second-order valence-electron chi connectivity index (χ2n) is 4.99. The number of methoxy groups -OCH3 is 1. The molecule has 0 aliphatic heterocycles. The predicted molar refractivity (Wildman–Crippen MR) is 85.7 cm³/mol. The lowest BCUT2D eigenvalue weighted by Crippen LogP contribution is -2.07. The molecule has 118 valence electrons. The van der Waals surface area contributed by atoms with Crippen LogP contribution in [0, 0.1) is 6.92 Å². The summed E-state index contributed by atoms with van der Waals surface area (Å²) in [6.45, 7) is 3.99. The molecule has 3 rings (SSSR count). The second kappa shape index (κ2) is 6.08. The van der Waals surface area contributed by atoms with Crippen LogP contribution in [0.1, 0.15) is 23.1 Å². The molecule has 0 fully saturated rings. The minimum Gasteiger partial charge on any atom is -0.496 e. The number of fused-ring (bicyclic) bond motifs is 1. The number of hydrogen-bond donors (Lipinski definition) is 0. The number of rotatable bonds is 4. The summed E-state index contributed by atoms with van der Waals surface area (Å²) in [6.07, 6.45) is 1.58. The molecule has 0 aliphatic carbocycles. The summed E-state index contributed by atoms with van der Waals surface area (Å²) in [5, 5.41) is 0. The summed E-state index contributed by atoms with van der Waals surface area (Å²) in [5.41, 5.74) is 3.19. The van der Waals surface area contributed by atoms with Crippen molar-refractivity contribution in [3.63, 3.8) is 0 Å². The Morgan fingerprint density at radius 3 is 2.83 bits per heavy atom. The summed E-state index contributed by atoms with van der Waals surface area (Å²) in [5.74, 6) is 0.250. The molecular weight excluding hydrogens is 294 g/mol. The van der Waals surface area contributed by atoms with Crippen LogP contribution in [0.25, 0.3) is 16.9 Å². The third-order valence-electron chi connectivity index (χ3n) is 3.55. The van der Waals surface area contributed by atoms with Gasteiger partial charge in [-0.05, 0) is 32.0 Å². The zero-order valence-corrected chi connectivity index (χ0v) is 13.2. The summed E-state index contributed by atoms with van der Waals surface area (Å²) < 4.78 is 12.2. The number of carbonyl (C=O) groups is 1. The smallest absolute Gasteiger partial charge is 0.360 e. The molecule has 0 amide bonds. The maximum absolute atomic E-state index is 12.0. The lowest BCUT2D eigenvalue weighted by Gasteiger charge is -2.10. The Kier molecular flexibility index (Phi) is 3.97. The Hall–Kier alpha value is -2.89. The molecule has 23 heavy (non-hydrogen) atoms. The van der Waals surface area contributed by atoms with E-state index in [9.17, 15) is 4.79 Å². The summed E-state index contributed by atoms with van der Waals surface area (Å²) in [4.78, 5) is 20.8. The van der Waals surface area contributed by atoms with Gasteiger partial charge in [-0.3, -0.25) is 4.40 Å². The molecule has 0 bridgehead atoms. The summed E-state index contributed by atoms with van der Waals surface area (Å²) >= 11 is 0. The van der Waals surface area contributed by atoms with Gasteiger partial charge in [0.15, 0.2) is 11.3 Å². The topological polar surface area (TPSA) is 65.7 Å². The molecule has 0 N–H and O–H groups in total. The maximum Gasteiger partial charge on any atom is 0.360 e. The van der Waals surface area contributed by atoms with Crippen molar-refractivity contribution in [2.24, 2.45) is 0 Å². The van der Waals surface area contributed by atoms with Gasteiger partial charge in [-0.25, -0.2) is 14.8 Å². The minimum absolute atomic E-state index is 0.215. The minimum atomic E-state index is -0.473. The van der Waals surface area contributed by atoms with Gasteiger partial charge in [0.05, 0.1) is 19.4 Å². The van der Waals surface area contributed by atoms with E-state index in [1.807, 2.05) is 37.3 Å². The number of carbonyl (C=O) groups excluding carboxylic acids is 1. The summed E-state index contributed by atoms with van der Waals surface area (Å²) in [7, 11) is 1.62. The van der Waals surface area contributed by atoms with Crippen molar-refractivity contribution in [2.45, 2.75) is 13.8 Å². The van der Waals surface area contributed by atoms with Gasteiger partial charge in [0.2, 0.25) is 0 Å². The first-order chi connectivity index (χ1) is 11.2. The number of benzene rings is 1. The Morgan fingerprint density at radius 2 is 2.09 bits per heavy atom. The van der Waals surface area contributed by atoms with Crippen molar-refractivity contribution in [3.8, 4) is 17.0 Å². The van der Waals surface area contributed by atoms with Crippen LogP contribution in [0.4, 0.5) is 0 Å². The van der Waals surface area contributed by atoms with E-state index in [4.69, 9.17) is 9.47 Å². The van der Waals surface area contributed by atoms with E-state index >= 15 is 0 Å². The zero-order chi connectivity index (χ0) is 16.4. The van der Waals surface area contributed by atoms with Crippen molar-refractivity contribution in [2.75, 3.05) is 13.7 Å². The van der Waals surface area contributed by atoms with E-state index < -0.39 is 5.97 Å². The highest BCUT2D eigenvalue weighted by Crippen LogP contribution is 2.29. The van der Waals surface area contributed by atoms with E-state index in [0.717, 1.165) is 22.7 Å². The van der Waals surface area contributed by atoms with Gasteiger partial charge in [-0.15, -0.1) is 0 Å². The zero-order valence-electron chi connectivity index (χ0n) is 13.2. The maximum atomic E-state index is 12.0. The average molecular weight is 311 g/mol. The third-order valence-corrected chi connectivity index (χ3v) is 3.55. The molecule has 0 saturated carbocycles. The molecule has 6 nitrogen and oxygen atoms in total. The van der Waals surface area contributed by atoms with E-state index in [-0.39, 0.29) is 5.69 Å². The number of aromatic nitrogens is 3. The number of nitrogens with zero attached hydrogens (tertiary/aromatic N) is 3. The molecule has 0 spiro atoms. The lowest BCUT2D eigenvalue weighted by molar-refractivity contribution is 0.0522. The van der Waals surface area contributed by atoms with Crippen molar-refractivity contribution in [3.05, 3.63) is 48.0 Å². The first-order valence-corrected chi connectivity index (χ1v) is 7.31. The number of imidazole rings is 1. The fraction of sp³-hybridized carbons (Fsp3) is 0.235. The highest BCUT2D eigenvalue weighted by molar-refractivity contribution is 5.94. The molecular formula is C17H17N3O3. The molecule has 0 saturated heterocycles. The van der Waals surface area contributed by atoms with Crippen LogP contribution in [0.5, 0.6) is 5.75 Å². The number of para-hydroxylation sites is 1. The second-order valence-corrected chi connectivity index (χ2v) is 4.99. The number of hydrogen-bond acceptors (Lipinski definition) is 5. The van der Waals surface area contributed by atoms with Crippen molar-refractivity contribution in [1.82, 2.24) is 14.4 Å². The monoisotopic (exact) mass is 311 g/mol. The van der Waals surface area contributed by atoms with Gasteiger partial charge in [0.1, 0.15) is 12.1 Å². The molecule has 6 heteroatoms. The van der Waals surface area contributed by atoms with Gasteiger partial charge in [-0.1, -0.05) is 12.1 Å². The number of esters is 1. The quantitative estimate of drug-likeness (QED) is 0.693. The van der Waals surface area contributed by atoms with Crippen LogP contribution in [0.2, 0.25) is 0 Å². The fourth-order valence-corrected chi connectivity index (χ4v) is 2.46. The van der Waals surface area contributed by atoms with Crippen molar-refractivity contribution >= 4 is 11.6 Å². The van der Waals surface area contributed by atoms with Crippen molar-refractivity contribution in [1.29, 1.82) is 0 Å². The molecule has 0 radical (unpaired) electrons. The van der Waals surface area contributed by atoms with E-state index in [0.29, 0.717) is 12.3 Å². The average Bonchev–Trinajstić information content (AvgIpc) is 2.99. The van der Waals surface area contributed by atoms with Crippen LogP contribution in [-0.4, -0.2) is 34.1 Å². The Bertz CT molecular complexity index is 871. The van der Waals surface area contributed by atoms with E-state index in [1.165, 1.54) is 0 Å². The Morgan fingerprint density at radius 1 is 1.30 bits per heavy atom. The fourth-order valence-electron chi connectivity index (χ4n) is 2.46. The van der Waals surface area contributed by atoms with Gasteiger partial charge in [0.25, 0.3) is 0 Å². The van der Waals surface area contributed by atoms with Crippen molar-refractivity contribution < 1.29 is 14.3 Å². The van der Waals surface area contributed by atoms with Crippen LogP contribution in [0.3, 0.4) is 0 Å². The van der Waals surface area contributed by atoms with Crippen LogP contribution >= 0.6 is 0 Å². The molecule has 1 aromatic carbocycles. The SMILES string of the molecule is CCOC(=O)c1ncn2c(C)cc(-c3ccccc3OC)nc12. The van der Waals surface area contributed by atoms with Crippen LogP contribution < -0.4 is 4.74 Å². The van der Waals surface area contributed by atoms with E-state index in [2.05, 4.69) is 9.97 Å². The third kappa shape index (κ3) is 2.63. The lowest BCUT2D eigenvalue weighted by atomic mass is 10.1. The first kappa shape index (κ1) is 15.0. The van der Waals surface area contributed by atoms with Gasteiger partial charge in [0, 0.05) is 11.3 Å². The first-order valence-electron chi connectivity index (χ1n) is 7.31. The predicted octanol–water partition coefficient (Wildman–Crippen LogP) is 2.89. The number of ether oxygens (including phenoxy) is 2. The van der Waals surface area contributed by atoms with E-state index in [1.54, 1.807) is 24.8 Å². The van der Waals surface area contributed by atoms with Crippen LogP contribution in [-0.2, 0) is 4.74 Å². The largest absolute Gasteiger partial charge is 0.496 e. The molecule has 3 aromatic rings. The van der Waals surface area contributed by atoms with Gasteiger partial charge >= 0.3 is 5.97 Å². The molecule has 0 aliphatic rings. The highest BCUT2D eigenvalue weighted by atomic mass is 16.5. The summed E-state index contributed by atoms with van der Waals surface area (Å²) in [6, 6.07) is 9.55. The normalized spacial score (nSPS) is 10.7. The standard InChI is InChI=1S/C17H17N3O3/c1-4-23-17(21)15-16-19-13(9-11(2)20(16)10-18-15)12-7-5-6-8-14(12)22-3/h5-10H,4H2,1-3H3. The van der Waals surface area contributed by atoms with Gasteiger partial charge < -0.3 is 9.47 Å². The Labute approximate surface area is 133 Å². The van der Waals surface area contributed by atoms with Crippen LogP contribution in [0.15, 0.2) is 36.7 Å². The molecule has 2 heterocycles. The Balaban J connectivity index is 2.20. The molecule has 0 atom stereocenters. The molecule has 0 unspecified atom stereocenters. The van der Waals surface area contributed by atoms with Gasteiger partial charge in [-0.2, -0.15) is 0 Å². The highest BCUT2D eigenvalue weighted by Gasteiger charge is 2.18. The molecule has 2 aromatic heterocycles. The number of aryl methyl sites for hydroxylation is 1.